The quantitative estimate of drug-likeness (QED) is 0.302. The molecule has 2 aromatic carbocycles. The normalized spacial score (nSPS) is 13.7. The number of piperidine rings is 1. The van der Waals surface area contributed by atoms with Crippen molar-refractivity contribution < 1.29 is 19.2 Å². The van der Waals surface area contributed by atoms with Gasteiger partial charge in [0.15, 0.2) is 0 Å². The fourth-order valence-corrected chi connectivity index (χ4v) is 4.61. The number of nitro groups is 1. The molecule has 0 spiro atoms. The summed E-state index contributed by atoms with van der Waals surface area (Å²) in [4.78, 5) is 40.7. The zero-order valence-corrected chi connectivity index (χ0v) is 22.6. The average molecular weight is 526 g/mol. The van der Waals surface area contributed by atoms with Gasteiger partial charge in [0, 0.05) is 30.9 Å². The summed E-state index contributed by atoms with van der Waals surface area (Å²) in [5.41, 5.74) is 1.40. The van der Waals surface area contributed by atoms with Crippen LogP contribution in [-0.2, 0) is 11.3 Å². The first-order valence-corrected chi connectivity index (χ1v) is 13.2. The van der Waals surface area contributed by atoms with Gasteiger partial charge < -0.3 is 25.2 Å². The van der Waals surface area contributed by atoms with Crippen LogP contribution in [0.2, 0.25) is 0 Å². The van der Waals surface area contributed by atoms with Gasteiger partial charge in [0.2, 0.25) is 5.91 Å². The molecule has 1 heterocycles. The number of amides is 2. The molecule has 10 nitrogen and oxygen atoms in total. The molecule has 1 aliphatic rings. The van der Waals surface area contributed by atoms with Crippen LogP contribution in [0, 0.1) is 10.1 Å². The first-order valence-electron chi connectivity index (χ1n) is 13.2. The van der Waals surface area contributed by atoms with Crippen LogP contribution in [0.1, 0.15) is 55.5 Å². The fourth-order valence-electron chi connectivity index (χ4n) is 4.61. The van der Waals surface area contributed by atoms with Gasteiger partial charge in [0.05, 0.1) is 18.6 Å². The number of methoxy groups -OCH3 is 1. The number of hydrogen-bond donors (Lipinski definition) is 2. The van der Waals surface area contributed by atoms with Gasteiger partial charge in [-0.1, -0.05) is 18.6 Å². The second-order valence-electron chi connectivity index (χ2n) is 9.89. The van der Waals surface area contributed by atoms with Crippen molar-refractivity contribution in [1.29, 1.82) is 0 Å². The number of nitrogens with one attached hydrogen (secondary N) is 2. The molecule has 1 saturated heterocycles. The van der Waals surface area contributed by atoms with Gasteiger partial charge in [-0.25, -0.2) is 0 Å². The van der Waals surface area contributed by atoms with E-state index in [1.165, 1.54) is 25.3 Å². The minimum atomic E-state index is -0.657. The van der Waals surface area contributed by atoms with Gasteiger partial charge in [-0.15, -0.1) is 0 Å². The summed E-state index contributed by atoms with van der Waals surface area (Å²) >= 11 is 0. The third-order valence-electron chi connectivity index (χ3n) is 6.53. The number of carbonyl (C=O) groups is 2. The summed E-state index contributed by atoms with van der Waals surface area (Å²) < 4.78 is 5.27. The van der Waals surface area contributed by atoms with Gasteiger partial charge >= 0.3 is 0 Å². The zero-order chi connectivity index (χ0) is 27.5. The molecule has 0 unspecified atom stereocenters. The third kappa shape index (κ3) is 8.72. The Morgan fingerprint density at radius 2 is 1.82 bits per heavy atom. The van der Waals surface area contributed by atoms with Gasteiger partial charge in [0.1, 0.15) is 11.3 Å². The van der Waals surface area contributed by atoms with E-state index in [2.05, 4.69) is 20.4 Å². The molecular weight excluding hydrogens is 486 g/mol. The Kier molecular flexibility index (Phi) is 10.9. The van der Waals surface area contributed by atoms with E-state index in [0.29, 0.717) is 12.2 Å². The Morgan fingerprint density at radius 3 is 2.45 bits per heavy atom. The van der Waals surface area contributed by atoms with Crippen molar-refractivity contribution >= 4 is 23.2 Å². The zero-order valence-electron chi connectivity index (χ0n) is 22.6. The molecule has 1 fully saturated rings. The lowest BCUT2D eigenvalue weighted by Gasteiger charge is -2.29. The van der Waals surface area contributed by atoms with Gasteiger partial charge in [-0.3, -0.25) is 19.7 Å². The Bertz CT molecular complexity index is 1080. The molecule has 0 bridgehead atoms. The number of benzene rings is 2. The molecule has 0 aromatic heterocycles. The van der Waals surface area contributed by atoms with Crippen molar-refractivity contribution in [3.63, 3.8) is 0 Å². The van der Waals surface area contributed by atoms with Crippen molar-refractivity contribution in [3.05, 3.63) is 63.7 Å². The number of ether oxygens (including phenoxy) is 1. The fraction of sp³-hybridized carbons (Fsp3) is 0.500. The SMILES string of the molecule is COc1ccc(CN(CCCN2CCCCC2)c2ccc([N+](=O)[O-])c(C(=O)NCC(=O)NC(C)C)c2)cc1. The molecule has 0 radical (unpaired) electrons. The number of likely N-dealkylation sites (tertiary alicyclic amines) is 1. The molecule has 1 aliphatic heterocycles. The van der Waals surface area contributed by atoms with Crippen LogP contribution in [0.5, 0.6) is 5.75 Å². The monoisotopic (exact) mass is 525 g/mol. The van der Waals surface area contributed by atoms with Crippen molar-refractivity contribution in [2.45, 2.75) is 52.1 Å². The lowest BCUT2D eigenvalue weighted by Crippen LogP contribution is -2.40. The number of anilines is 1. The Morgan fingerprint density at radius 1 is 1.11 bits per heavy atom. The van der Waals surface area contributed by atoms with Crippen LogP contribution in [0.3, 0.4) is 0 Å². The molecule has 2 amide bonds. The highest BCUT2D eigenvalue weighted by Crippen LogP contribution is 2.27. The van der Waals surface area contributed by atoms with Crippen molar-refractivity contribution in [2.24, 2.45) is 0 Å². The van der Waals surface area contributed by atoms with E-state index in [4.69, 9.17) is 4.74 Å². The first kappa shape index (κ1) is 28.9. The van der Waals surface area contributed by atoms with Crippen LogP contribution in [0.15, 0.2) is 42.5 Å². The first-order chi connectivity index (χ1) is 18.3. The molecule has 206 valence electrons. The molecule has 3 rings (SSSR count). The Hall–Kier alpha value is -3.66. The van der Waals surface area contributed by atoms with E-state index in [-0.39, 0.29) is 29.7 Å². The number of hydrogen-bond acceptors (Lipinski definition) is 7. The van der Waals surface area contributed by atoms with Crippen molar-refractivity contribution in [1.82, 2.24) is 15.5 Å². The summed E-state index contributed by atoms with van der Waals surface area (Å²) in [6, 6.07) is 12.3. The molecular formula is C28H39N5O5. The maximum Gasteiger partial charge on any atom is 0.282 e. The maximum atomic E-state index is 12.9. The Balaban J connectivity index is 1.81. The highest BCUT2D eigenvalue weighted by atomic mass is 16.6. The van der Waals surface area contributed by atoms with E-state index in [1.54, 1.807) is 19.2 Å². The molecule has 2 N–H and O–H groups in total. The summed E-state index contributed by atoms with van der Waals surface area (Å²) in [6.07, 6.45) is 4.66. The topological polar surface area (TPSA) is 117 Å². The van der Waals surface area contributed by atoms with Crippen LogP contribution < -0.4 is 20.3 Å². The highest BCUT2D eigenvalue weighted by molar-refractivity contribution is 6.00. The van der Waals surface area contributed by atoms with E-state index < -0.39 is 10.8 Å². The lowest BCUT2D eigenvalue weighted by molar-refractivity contribution is -0.385. The van der Waals surface area contributed by atoms with Gasteiger partial charge in [0.25, 0.3) is 11.6 Å². The van der Waals surface area contributed by atoms with Crippen LogP contribution in [0.4, 0.5) is 11.4 Å². The molecule has 10 heteroatoms. The summed E-state index contributed by atoms with van der Waals surface area (Å²) in [5.74, 6) is -0.248. The van der Waals surface area contributed by atoms with Crippen molar-refractivity contribution in [2.75, 3.05) is 44.7 Å². The predicted molar refractivity (Wildman–Crippen MR) is 148 cm³/mol. The van der Waals surface area contributed by atoms with Gasteiger partial charge in [-0.05, 0) is 82.6 Å². The van der Waals surface area contributed by atoms with Crippen LogP contribution in [0.25, 0.3) is 0 Å². The van der Waals surface area contributed by atoms with Crippen molar-refractivity contribution in [3.8, 4) is 5.75 Å². The second-order valence-corrected chi connectivity index (χ2v) is 9.89. The molecule has 0 atom stereocenters. The molecule has 2 aromatic rings. The highest BCUT2D eigenvalue weighted by Gasteiger charge is 2.23. The predicted octanol–water partition coefficient (Wildman–Crippen LogP) is 3.74. The molecule has 38 heavy (non-hydrogen) atoms. The minimum absolute atomic E-state index is 0.0689. The number of nitro benzene ring substituents is 1. The summed E-state index contributed by atoms with van der Waals surface area (Å²) in [7, 11) is 1.62. The van der Waals surface area contributed by atoms with Crippen LogP contribution in [-0.4, -0.2) is 67.5 Å². The number of rotatable bonds is 13. The maximum absolute atomic E-state index is 12.9. The van der Waals surface area contributed by atoms with Crippen LogP contribution >= 0.6 is 0 Å². The number of carbonyl (C=O) groups excluding carboxylic acids is 2. The van der Waals surface area contributed by atoms with E-state index in [1.807, 2.05) is 38.1 Å². The Labute approximate surface area is 224 Å². The smallest absolute Gasteiger partial charge is 0.282 e. The standard InChI is InChI=1S/C28H39N5O5/c1-21(2)30-27(34)19-29-28(35)25-18-23(10-13-26(25)33(36)37)32(17-7-16-31-14-5-4-6-15-31)20-22-8-11-24(38-3)12-9-22/h8-13,18,21H,4-7,14-17,19-20H2,1-3H3,(H,29,35)(H,30,34). The minimum Gasteiger partial charge on any atom is -0.497 e. The van der Waals surface area contributed by atoms with E-state index in [0.717, 1.165) is 43.9 Å². The summed E-state index contributed by atoms with van der Waals surface area (Å²) in [5, 5.41) is 16.9. The second kappa shape index (κ2) is 14.3. The largest absolute Gasteiger partial charge is 0.497 e. The average Bonchev–Trinajstić information content (AvgIpc) is 2.91. The molecule has 0 saturated carbocycles. The third-order valence-corrected chi connectivity index (χ3v) is 6.53. The van der Waals surface area contributed by atoms with E-state index >= 15 is 0 Å². The lowest BCUT2D eigenvalue weighted by atomic mass is 10.1. The number of nitrogens with zero attached hydrogens (tertiary/aromatic N) is 3. The van der Waals surface area contributed by atoms with Gasteiger partial charge in [-0.2, -0.15) is 0 Å². The van der Waals surface area contributed by atoms with E-state index in [9.17, 15) is 19.7 Å². The summed E-state index contributed by atoms with van der Waals surface area (Å²) in [6.45, 7) is 7.87. The molecule has 0 aliphatic carbocycles.